The summed E-state index contributed by atoms with van der Waals surface area (Å²) in [6.07, 6.45) is 1.27. The number of carbonyl (C=O) groups excluding carboxylic acids is 4. The van der Waals surface area contributed by atoms with E-state index in [4.69, 9.17) is 0 Å². The van der Waals surface area contributed by atoms with E-state index in [2.05, 4.69) is 10.6 Å². The molecule has 0 atom stereocenters. The largest absolute Gasteiger partial charge is 2.00 e. The van der Waals surface area contributed by atoms with Crippen LogP contribution >= 0.6 is 0 Å². The van der Waals surface area contributed by atoms with E-state index in [1.54, 1.807) is 0 Å². The van der Waals surface area contributed by atoms with Gasteiger partial charge in [0.1, 0.15) is 0 Å². The quantitative estimate of drug-likeness (QED) is 0.462. The Labute approximate surface area is 96.1 Å². The average Bonchev–Trinajstić information content (AvgIpc) is 2.63. The van der Waals surface area contributed by atoms with Gasteiger partial charge in [-0.25, -0.2) is 0 Å². The summed E-state index contributed by atoms with van der Waals surface area (Å²) in [7, 11) is 0. The molecule has 2 aliphatic heterocycles. The van der Waals surface area contributed by atoms with Crippen molar-refractivity contribution < 1.29 is 35.7 Å². The molecule has 0 aromatic heterocycles. The zero-order valence-electron chi connectivity index (χ0n) is 7.67. The van der Waals surface area contributed by atoms with Crippen molar-refractivity contribution in [3.05, 3.63) is 10.6 Å². The normalized spacial score (nSPS) is 18.7. The first-order chi connectivity index (χ1) is 6.58. The third kappa shape index (κ3) is 5.27. The van der Waals surface area contributed by atoms with E-state index in [9.17, 15) is 19.2 Å². The van der Waals surface area contributed by atoms with Crippen LogP contribution in [0.4, 0.5) is 0 Å². The minimum atomic E-state index is -0.273. The second-order valence-electron chi connectivity index (χ2n) is 2.80. The van der Waals surface area contributed by atoms with Crippen LogP contribution in [0, 0.1) is 0 Å². The van der Waals surface area contributed by atoms with E-state index in [0.29, 0.717) is 25.7 Å². The van der Waals surface area contributed by atoms with Gasteiger partial charge in [0, 0.05) is 0 Å². The Kier molecular flexibility index (Phi) is 5.78. The fraction of sp³-hybridized carbons (Fsp3) is 0.500. The fourth-order valence-corrected chi connectivity index (χ4v) is 0.930. The van der Waals surface area contributed by atoms with E-state index < -0.39 is 0 Å². The molecule has 15 heavy (non-hydrogen) atoms. The molecule has 0 bridgehead atoms. The molecule has 84 valence electrons. The van der Waals surface area contributed by atoms with Crippen molar-refractivity contribution in [1.29, 1.82) is 0 Å². The van der Waals surface area contributed by atoms with Gasteiger partial charge in [0.15, 0.2) is 0 Å². The summed E-state index contributed by atoms with van der Waals surface area (Å²) in [4.78, 5) is 40.3. The van der Waals surface area contributed by atoms with Crippen LogP contribution in [0.25, 0.3) is 10.6 Å². The molecule has 6 nitrogen and oxygen atoms in total. The third-order valence-electron chi connectivity index (χ3n) is 1.60. The standard InChI is InChI=1S/2C4H5NO2.Ni/c2*6-3-1-2-4(7)5-3;/h2*1-2H2,(H,5,6,7);/q;;+2/p-2. The third-order valence-corrected chi connectivity index (χ3v) is 1.60. The molecule has 7 heteroatoms. The van der Waals surface area contributed by atoms with Crippen molar-refractivity contribution in [3.8, 4) is 0 Å². The van der Waals surface area contributed by atoms with E-state index in [1.807, 2.05) is 0 Å². The zero-order valence-corrected chi connectivity index (χ0v) is 8.66. The molecule has 2 aliphatic rings. The fourth-order valence-electron chi connectivity index (χ4n) is 0.930. The Bertz CT molecular complexity index is 245. The molecule has 0 spiro atoms. The van der Waals surface area contributed by atoms with Gasteiger partial charge in [-0.2, -0.15) is 0 Å². The predicted molar refractivity (Wildman–Crippen MR) is 45.2 cm³/mol. The van der Waals surface area contributed by atoms with Gasteiger partial charge < -0.3 is 29.8 Å². The maximum Gasteiger partial charge on any atom is 2.00 e. The predicted octanol–water partition coefficient (Wildman–Crippen LogP) is 0.412. The second-order valence-corrected chi connectivity index (χ2v) is 2.80. The van der Waals surface area contributed by atoms with E-state index in [1.165, 1.54) is 0 Å². The Balaban J connectivity index is 0.000000245. The van der Waals surface area contributed by atoms with Crippen LogP contribution < -0.4 is 0 Å². The van der Waals surface area contributed by atoms with Crippen molar-refractivity contribution in [3.63, 3.8) is 0 Å². The number of rotatable bonds is 0. The Morgan fingerprint density at radius 2 is 0.800 bits per heavy atom. The van der Waals surface area contributed by atoms with Crippen molar-refractivity contribution in [1.82, 2.24) is 0 Å². The summed E-state index contributed by atoms with van der Waals surface area (Å²) >= 11 is 0. The molecule has 2 heterocycles. The number of imide groups is 2. The van der Waals surface area contributed by atoms with Gasteiger partial charge in [0.2, 0.25) is 0 Å². The number of hydrogen-bond acceptors (Lipinski definition) is 4. The molecule has 0 N–H and O–H groups in total. The van der Waals surface area contributed by atoms with Gasteiger partial charge in [-0.05, 0) is 25.7 Å². The van der Waals surface area contributed by atoms with Crippen LogP contribution in [0.1, 0.15) is 25.7 Å². The topological polar surface area (TPSA) is 96.5 Å². The smallest absolute Gasteiger partial charge is 0.596 e. The number of amides is 4. The van der Waals surface area contributed by atoms with Crippen molar-refractivity contribution in [2.75, 3.05) is 0 Å². The molecule has 0 radical (unpaired) electrons. The van der Waals surface area contributed by atoms with Gasteiger partial charge in [0.25, 0.3) is 0 Å². The van der Waals surface area contributed by atoms with E-state index >= 15 is 0 Å². The van der Waals surface area contributed by atoms with Crippen molar-refractivity contribution in [2.24, 2.45) is 0 Å². The van der Waals surface area contributed by atoms with Crippen LogP contribution in [0.5, 0.6) is 0 Å². The summed E-state index contributed by atoms with van der Waals surface area (Å²) in [5.74, 6) is -1.09. The SMILES string of the molecule is O=C1CCC(=O)[N-]1.O=C1CCC(=O)[N-]1.[Ni+2]. The second kappa shape index (κ2) is 6.29. The van der Waals surface area contributed by atoms with Gasteiger partial charge in [-0.3, -0.25) is 0 Å². The minimum Gasteiger partial charge on any atom is -0.596 e. The van der Waals surface area contributed by atoms with Crippen LogP contribution in [-0.2, 0) is 35.7 Å². The first-order valence-electron chi connectivity index (χ1n) is 4.13. The number of nitrogens with zero attached hydrogens (tertiary/aromatic N) is 2. The molecule has 0 aromatic carbocycles. The van der Waals surface area contributed by atoms with Crippen LogP contribution in [0.15, 0.2) is 0 Å². The van der Waals surface area contributed by atoms with Crippen LogP contribution in [0.2, 0.25) is 0 Å². The molecule has 0 unspecified atom stereocenters. The summed E-state index contributed by atoms with van der Waals surface area (Å²) < 4.78 is 0. The van der Waals surface area contributed by atoms with E-state index in [0.717, 1.165) is 0 Å². The van der Waals surface area contributed by atoms with Gasteiger partial charge in [-0.1, -0.05) is 0 Å². The summed E-state index contributed by atoms with van der Waals surface area (Å²) in [5, 5.41) is 6.22. The molecule has 0 aromatic rings. The summed E-state index contributed by atoms with van der Waals surface area (Å²) in [6.45, 7) is 0. The van der Waals surface area contributed by atoms with Crippen LogP contribution in [0.3, 0.4) is 0 Å². The summed E-state index contributed by atoms with van der Waals surface area (Å²) in [5.41, 5.74) is 0. The minimum absolute atomic E-state index is 0. The molecule has 2 saturated heterocycles. The Hall–Kier alpha value is -1.23. The Morgan fingerprint density at radius 1 is 0.600 bits per heavy atom. The maximum absolute atomic E-state index is 10.1. The number of hydrogen-bond donors (Lipinski definition) is 0. The molecule has 0 aliphatic carbocycles. The first kappa shape index (κ1) is 13.8. The Morgan fingerprint density at radius 3 is 0.867 bits per heavy atom. The zero-order chi connectivity index (χ0) is 10.6. The van der Waals surface area contributed by atoms with Gasteiger partial charge >= 0.3 is 16.5 Å². The molecule has 0 saturated carbocycles. The van der Waals surface area contributed by atoms with E-state index in [-0.39, 0.29) is 40.1 Å². The molecule has 4 amide bonds. The summed E-state index contributed by atoms with van der Waals surface area (Å²) in [6, 6.07) is 0. The van der Waals surface area contributed by atoms with Crippen molar-refractivity contribution in [2.45, 2.75) is 25.7 Å². The van der Waals surface area contributed by atoms with Crippen molar-refractivity contribution >= 4 is 23.6 Å². The average molecular weight is 255 g/mol. The molecular formula is C8H8N2NiO4. The first-order valence-corrected chi connectivity index (χ1v) is 4.13. The number of carbonyl (C=O) groups is 4. The van der Waals surface area contributed by atoms with Gasteiger partial charge in [0.05, 0.1) is 23.6 Å². The van der Waals surface area contributed by atoms with Crippen LogP contribution in [-0.4, -0.2) is 23.6 Å². The maximum atomic E-state index is 10.1. The molecule has 2 fully saturated rings. The van der Waals surface area contributed by atoms with Gasteiger partial charge in [-0.15, -0.1) is 0 Å². The molecule has 2 rings (SSSR count). The monoisotopic (exact) mass is 254 g/mol. The molecular weight excluding hydrogens is 247 g/mol.